The maximum absolute atomic E-state index is 10.8. The summed E-state index contributed by atoms with van der Waals surface area (Å²) in [6.45, 7) is -0.431. The fourth-order valence-corrected chi connectivity index (χ4v) is 1.89. The zero-order valence-corrected chi connectivity index (χ0v) is 10.0. The van der Waals surface area contributed by atoms with Crippen LogP contribution in [0.3, 0.4) is 0 Å². The van der Waals surface area contributed by atoms with Crippen molar-refractivity contribution in [1.29, 1.82) is 0 Å². The molecule has 2 heterocycles. The van der Waals surface area contributed by atoms with Crippen LogP contribution in [0.5, 0.6) is 0 Å². The van der Waals surface area contributed by atoms with Gasteiger partial charge in [0.25, 0.3) is 0 Å². The topological polar surface area (TPSA) is 126 Å². The van der Waals surface area contributed by atoms with E-state index in [-0.39, 0.29) is 13.2 Å². The Balaban J connectivity index is 1.92. The lowest BCUT2D eigenvalue weighted by molar-refractivity contribution is -0.299. The second-order valence-corrected chi connectivity index (χ2v) is 4.42. The molecule has 5 atom stereocenters. The Kier molecular flexibility index (Phi) is 4.50. The molecule has 1 fully saturated rings. The van der Waals surface area contributed by atoms with Crippen LogP contribution in [0, 0.1) is 0 Å². The third-order valence-electron chi connectivity index (χ3n) is 3.00. The van der Waals surface area contributed by atoms with Gasteiger partial charge in [-0.25, -0.2) is 4.79 Å². The molecule has 0 unspecified atom stereocenters. The summed E-state index contributed by atoms with van der Waals surface area (Å²) >= 11 is 0. The monoisotopic (exact) mass is 276 g/mol. The number of aliphatic hydroxyl groups excluding tert-OH is 4. The number of hydrogen-bond acceptors (Lipinski definition) is 8. The van der Waals surface area contributed by atoms with Crippen molar-refractivity contribution in [3.63, 3.8) is 0 Å². The lowest BCUT2D eigenvalue weighted by atomic mass is 9.99. The van der Waals surface area contributed by atoms with Gasteiger partial charge in [-0.1, -0.05) is 0 Å². The summed E-state index contributed by atoms with van der Waals surface area (Å²) in [6, 6.07) is 0. The highest BCUT2D eigenvalue weighted by atomic mass is 16.7. The molecule has 0 bridgehead atoms. The highest BCUT2D eigenvalue weighted by Crippen LogP contribution is 2.22. The predicted molar refractivity (Wildman–Crippen MR) is 58.8 cm³/mol. The standard InChI is InChI=1S/C11H16O8/c12-2-6-8(14)9(15)10(16)11(19-6)18-4-5-1-7(13)17-3-5/h1,6,8-12,14-16H,2-4H2/t6-,8-,9+,10-,11-/m1/s1. The molecule has 19 heavy (non-hydrogen) atoms. The van der Waals surface area contributed by atoms with Crippen molar-refractivity contribution in [3.05, 3.63) is 11.6 Å². The van der Waals surface area contributed by atoms with E-state index in [1.165, 1.54) is 6.08 Å². The summed E-state index contributed by atoms with van der Waals surface area (Å²) in [5, 5.41) is 37.8. The van der Waals surface area contributed by atoms with Crippen LogP contribution in [-0.2, 0) is 19.0 Å². The van der Waals surface area contributed by atoms with Crippen LogP contribution in [0.4, 0.5) is 0 Å². The Morgan fingerprint density at radius 2 is 2.00 bits per heavy atom. The van der Waals surface area contributed by atoms with Crippen molar-refractivity contribution in [2.24, 2.45) is 0 Å². The SMILES string of the molecule is O=C1C=C(CO[C@@H]2O[C@H](CO)[C@@H](O)[C@H](O)[C@H]2O)CO1. The largest absolute Gasteiger partial charge is 0.458 e. The van der Waals surface area contributed by atoms with E-state index in [2.05, 4.69) is 4.74 Å². The lowest BCUT2D eigenvalue weighted by Gasteiger charge is -2.39. The minimum Gasteiger partial charge on any atom is -0.458 e. The van der Waals surface area contributed by atoms with E-state index in [0.717, 1.165) is 0 Å². The highest BCUT2D eigenvalue weighted by molar-refractivity contribution is 5.85. The minimum absolute atomic E-state index is 0.0194. The smallest absolute Gasteiger partial charge is 0.331 e. The summed E-state index contributed by atoms with van der Waals surface area (Å²) in [5.41, 5.74) is 0.571. The molecule has 0 radical (unpaired) electrons. The van der Waals surface area contributed by atoms with Gasteiger partial charge in [-0.3, -0.25) is 0 Å². The zero-order chi connectivity index (χ0) is 14.0. The molecule has 108 valence electrons. The van der Waals surface area contributed by atoms with Crippen LogP contribution in [-0.4, -0.2) is 76.9 Å². The molecule has 0 amide bonds. The Morgan fingerprint density at radius 1 is 1.26 bits per heavy atom. The summed E-state index contributed by atoms with van der Waals surface area (Å²) in [6.07, 6.45) is -5.30. The molecule has 2 aliphatic rings. The number of esters is 1. The van der Waals surface area contributed by atoms with Gasteiger partial charge in [-0.2, -0.15) is 0 Å². The van der Waals surface area contributed by atoms with Gasteiger partial charge in [0, 0.05) is 6.08 Å². The van der Waals surface area contributed by atoms with Crippen molar-refractivity contribution in [2.75, 3.05) is 19.8 Å². The molecule has 0 saturated carbocycles. The van der Waals surface area contributed by atoms with E-state index in [0.29, 0.717) is 5.57 Å². The Labute approximate surface area is 108 Å². The first kappa shape index (κ1) is 14.4. The molecule has 0 spiro atoms. The van der Waals surface area contributed by atoms with Crippen molar-refractivity contribution in [2.45, 2.75) is 30.7 Å². The molecule has 0 aliphatic carbocycles. The first-order valence-corrected chi connectivity index (χ1v) is 5.81. The molecule has 2 rings (SSSR count). The van der Waals surface area contributed by atoms with Gasteiger partial charge in [0.2, 0.25) is 0 Å². The molecule has 4 N–H and O–H groups in total. The Bertz CT molecular complexity index is 366. The number of hydrogen-bond donors (Lipinski definition) is 4. The van der Waals surface area contributed by atoms with E-state index >= 15 is 0 Å². The number of rotatable bonds is 4. The maximum Gasteiger partial charge on any atom is 0.331 e. The number of aliphatic hydroxyl groups is 4. The van der Waals surface area contributed by atoms with E-state index in [1.54, 1.807) is 0 Å². The molecule has 1 saturated heterocycles. The number of cyclic esters (lactones) is 1. The van der Waals surface area contributed by atoms with Gasteiger partial charge in [-0.05, 0) is 5.57 Å². The first-order valence-electron chi connectivity index (χ1n) is 5.81. The molecule has 2 aliphatic heterocycles. The maximum atomic E-state index is 10.8. The van der Waals surface area contributed by atoms with E-state index < -0.39 is 43.3 Å². The van der Waals surface area contributed by atoms with Crippen molar-refractivity contribution in [1.82, 2.24) is 0 Å². The molecule has 0 aromatic carbocycles. The van der Waals surface area contributed by atoms with Gasteiger partial charge < -0.3 is 34.6 Å². The van der Waals surface area contributed by atoms with Crippen LogP contribution in [0.1, 0.15) is 0 Å². The van der Waals surface area contributed by atoms with Crippen molar-refractivity contribution < 1.29 is 39.4 Å². The third-order valence-corrected chi connectivity index (χ3v) is 3.00. The van der Waals surface area contributed by atoms with Gasteiger partial charge >= 0.3 is 5.97 Å². The summed E-state index contributed by atoms with van der Waals surface area (Å²) < 4.78 is 15.0. The van der Waals surface area contributed by atoms with Gasteiger partial charge in [-0.15, -0.1) is 0 Å². The van der Waals surface area contributed by atoms with Gasteiger partial charge in [0.05, 0.1) is 13.2 Å². The van der Waals surface area contributed by atoms with Gasteiger partial charge in [0.15, 0.2) is 6.29 Å². The molecule has 0 aromatic rings. The van der Waals surface area contributed by atoms with E-state index in [9.17, 15) is 20.1 Å². The molecule has 0 aromatic heterocycles. The van der Waals surface area contributed by atoms with Crippen LogP contribution in [0.15, 0.2) is 11.6 Å². The minimum atomic E-state index is -1.48. The third kappa shape index (κ3) is 3.11. The van der Waals surface area contributed by atoms with E-state index in [1.807, 2.05) is 0 Å². The average Bonchev–Trinajstić information content (AvgIpc) is 2.81. The normalized spacial score (nSPS) is 39.1. The summed E-state index contributed by atoms with van der Waals surface area (Å²) in [4.78, 5) is 10.8. The molecular weight excluding hydrogens is 260 g/mol. The van der Waals surface area contributed by atoms with E-state index in [4.69, 9.17) is 14.6 Å². The Morgan fingerprint density at radius 3 is 2.58 bits per heavy atom. The molecule has 8 nitrogen and oxygen atoms in total. The van der Waals surface area contributed by atoms with Crippen LogP contribution < -0.4 is 0 Å². The molecular formula is C11H16O8. The summed E-state index contributed by atoms with van der Waals surface area (Å²) in [7, 11) is 0. The van der Waals surface area contributed by atoms with Crippen LogP contribution >= 0.6 is 0 Å². The zero-order valence-electron chi connectivity index (χ0n) is 10.0. The number of carbonyl (C=O) groups excluding carboxylic acids is 1. The van der Waals surface area contributed by atoms with Gasteiger partial charge in [0.1, 0.15) is 31.0 Å². The van der Waals surface area contributed by atoms with Crippen molar-refractivity contribution >= 4 is 5.97 Å². The fourth-order valence-electron chi connectivity index (χ4n) is 1.89. The summed E-state index contributed by atoms with van der Waals surface area (Å²) in [5.74, 6) is -0.465. The average molecular weight is 276 g/mol. The fraction of sp³-hybridized carbons (Fsp3) is 0.727. The second kappa shape index (κ2) is 5.95. The first-order chi connectivity index (χ1) is 9.02. The number of ether oxygens (including phenoxy) is 3. The lowest BCUT2D eigenvalue weighted by Crippen LogP contribution is -2.59. The second-order valence-electron chi connectivity index (χ2n) is 4.42. The quantitative estimate of drug-likeness (QED) is 0.408. The molecule has 8 heteroatoms. The van der Waals surface area contributed by atoms with Crippen LogP contribution in [0.25, 0.3) is 0 Å². The predicted octanol–water partition coefficient (Wildman–Crippen LogP) is -2.71. The highest BCUT2D eigenvalue weighted by Gasteiger charge is 2.44. The Hall–Kier alpha value is -1.03. The van der Waals surface area contributed by atoms with Crippen LogP contribution in [0.2, 0.25) is 0 Å². The van der Waals surface area contributed by atoms with Crippen molar-refractivity contribution in [3.8, 4) is 0 Å². The number of carbonyl (C=O) groups is 1.